The topological polar surface area (TPSA) is 58.7 Å². The van der Waals surface area contributed by atoms with Crippen LogP contribution in [-0.4, -0.2) is 23.8 Å². The maximum absolute atomic E-state index is 15.0. The number of carbonyl (C=O) groups excluding carboxylic acids is 1. The van der Waals surface area contributed by atoms with E-state index >= 15 is 0 Å². The van der Waals surface area contributed by atoms with Gasteiger partial charge in [0.1, 0.15) is 11.4 Å². The van der Waals surface area contributed by atoms with Gasteiger partial charge in [-0.05, 0) is 81.8 Å². The van der Waals surface area contributed by atoms with Crippen LogP contribution in [0.5, 0.6) is 0 Å². The summed E-state index contributed by atoms with van der Waals surface area (Å²) >= 11 is 0. The average Bonchev–Trinajstić information content (AvgIpc) is 2.64. The van der Waals surface area contributed by atoms with Crippen LogP contribution in [0.15, 0.2) is 35.3 Å². The summed E-state index contributed by atoms with van der Waals surface area (Å²) in [4.78, 5) is 18.8. The molecule has 1 aliphatic heterocycles. The van der Waals surface area contributed by atoms with E-state index < -0.39 is 11.0 Å². The SMILES string of the molecule is Cc1cc(C)c(Cc2ccc(F)c([C@@]3(C)N=C(N)N(C)C(=O)C3(C)C)c2)cc1C. The predicted octanol–water partition coefficient (Wildman–Crippen LogP) is 4.37. The molecule has 2 aromatic carbocycles. The van der Waals surface area contributed by atoms with Gasteiger partial charge in [0.25, 0.3) is 0 Å². The first-order valence-electron chi connectivity index (χ1n) is 9.87. The van der Waals surface area contributed by atoms with Gasteiger partial charge in [-0.25, -0.2) is 9.38 Å². The molecule has 0 aromatic heterocycles. The highest BCUT2D eigenvalue weighted by Gasteiger charge is 2.53. The summed E-state index contributed by atoms with van der Waals surface area (Å²) in [6.07, 6.45) is 0.684. The molecule has 29 heavy (non-hydrogen) atoms. The fraction of sp³-hybridized carbons (Fsp3) is 0.417. The molecule has 1 amide bonds. The number of nitrogens with zero attached hydrogens (tertiary/aromatic N) is 2. The zero-order valence-corrected chi connectivity index (χ0v) is 18.4. The van der Waals surface area contributed by atoms with E-state index in [1.54, 1.807) is 33.9 Å². The third-order valence-electron chi connectivity index (χ3n) is 6.64. The molecule has 154 valence electrons. The lowest BCUT2D eigenvalue weighted by atomic mass is 9.67. The van der Waals surface area contributed by atoms with Crippen molar-refractivity contribution in [1.29, 1.82) is 0 Å². The molecule has 1 heterocycles. The minimum Gasteiger partial charge on any atom is -0.369 e. The summed E-state index contributed by atoms with van der Waals surface area (Å²) in [6.45, 7) is 11.7. The number of guanidine groups is 1. The smallest absolute Gasteiger partial charge is 0.237 e. The minimum absolute atomic E-state index is 0.103. The zero-order chi connectivity index (χ0) is 21.7. The molecule has 1 aliphatic rings. The monoisotopic (exact) mass is 395 g/mol. The molecule has 0 spiro atoms. The zero-order valence-electron chi connectivity index (χ0n) is 18.4. The summed E-state index contributed by atoms with van der Waals surface area (Å²) in [5.41, 5.74) is 10.2. The molecule has 2 N–H and O–H groups in total. The van der Waals surface area contributed by atoms with E-state index in [-0.39, 0.29) is 17.7 Å². The number of nitrogens with two attached hydrogens (primary N) is 1. The summed E-state index contributed by atoms with van der Waals surface area (Å²) < 4.78 is 15.0. The highest BCUT2D eigenvalue weighted by Crippen LogP contribution is 2.47. The van der Waals surface area contributed by atoms with Crippen molar-refractivity contribution in [2.45, 2.75) is 53.5 Å². The number of halogens is 1. The molecule has 0 bridgehead atoms. The van der Waals surface area contributed by atoms with Crippen LogP contribution in [0.25, 0.3) is 0 Å². The van der Waals surface area contributed by atoms with Gasteiger partial charge in [0.05, 0.1) is 5.41 Å². The van der Waals surface area contributed by atoms with E-state index in [4.69, 9.17) is 5.73 Å². The highest BCUT2D eigenvalue weighted by atomic mass is 19.1. The predicted molar refractivity (Wildman–Crippen MR) is 115 cm³/mol. The van der Waals surface area contributed by atoms with Gasteiger partial charge in [-0.3, -0.25) is 9.69 Å². The maximum Gasteiger partial charge on any atom is 0.237 e. The lowest BCUT2D eigenvalue weighted by Gasteiger charge is -2.46. The third-order valence-corrected chi connectivity index (χ3v) is 6.64. The number of carbonyl (C=O) groups is 1. The fourth-order valence-electron chi connectivity index (χ4n) is 4.06. The summed E-state index contributed by atoms with van der Waals surface area (Å²) in [5, 5.41) is 0. The largest absolute Gasteiger partial charge is 0.369 e. The van der Waals surface area contributed by atoms with Gasteiger partial charge < -0.3 is 5.73 Å². The second-order valence-corrected chi connectivity index (χ2v) is 8.89. The van der Waals surface area contributed by atoms with Crippen LogP contribution in [0.1, 0.15) is 54.2 Å². The lowest BCUT2D eigenvalue weighted by Crippen LogP contribution is -2.58. The van der Waals surface area contributed by atoms with Gasteiger partial charge in [0.15, 0.2) is 5.96 Å². The van der Waals surface area contributed by atoms with Crippen molar-refractivity contribution in [1.82, 2.24) is 4.90 Å². The van der Waals surface area contributed by atoms with E-state index in [1.165, 1.54) is 33.2 Å². The van der Waals surface area contributed by atoms with Crippen molar-refractivity contribution in [3.8, 4) is 0 Å². The fourth-order valence-corrected chi connectivity index (χ4v) is 4.06. The molecule has 0 saturated heterocycles. The van der Waals surface area contributed by atoms with E-state index in [9.17, 15) is 9.18 Å². The Morgan fingerprint density at radius 2 is 1.66 bits per heavy atom. The molecule has 0 radical (unpaired) electrons. The van der Waals surface area contributed by atoms with Crippen LogP contribution in [0, 0.1) is 32.0 Å². The maximum atomic E-state index is 15.0. The summed E-state index contributed by atoms with van der Waals surface area (Å²) in [7, 11) is 1.60. The van der Waals surface area contributed by atoms with Crippen molar-refractivity contribution in [2.24, 2.45) is 16.1 Å². The number of hydrogen-bond donors (Lipinski definition) is 1. The Balaban J connectivity index is 2.11. The normalized spacial score (nSPS) is 21.3. The molecular weight excluding hydrogens is 365 g/mol. The first kappa shape index (κ1) is 21.0. The van der Waals surface area contributed by atoms with Gasteiger partial charge in [-0.15, -0.1) is 0 Å². The molecule has 2 aromatic rings. The van der Waals surface area contributed by atoms with Crippen molar-refractivity contribution in [3.63, 3.8) is 0 Å². The van der Waals surface area contributed by atoms with Crippen LogP contribution in [0.3, 0.4) is 0 Å². The summed E-state index contributed by atoms with van der Waals surface area (Å²) in [5.74, 6) is -0.455. The van der Waals surface area contributed by atoms with Crippen LogP contribution < -0.4 is 5.73 Å². The quantitative estimate of drug-likeness (QED) is 0.839. The second-order valence-electron chi connectivity index (χ2n) is 8.89. The average molecular weight is 396 g/mol. The van der Waals surface area contributed by atoms with Gasteiger partial charge in [-0.1, -0.05) is 24.3 Å². The Morgan fingerprint density at radius 1 is 1.03 bits per heavy atom. The minimum atomic E-state index is -1.10. The lowest BCUT2D eigenvalue weighted by molar-refractivity contribution is -0.140. The Bertz CT molecular complexity index is 1030. The van der Waals surface area contributed by atoms with Crippen molar-refractivity contribution in [3.05, 3.63) is 69.5 Å². The summed E-state index contributed by atoms with van der Waals surface area (Å²) in [6, 6.07) is 9.47. The van der Waals surface area contributed by atoms with Gasteiger partial charge >= 0.3 is 0 Å². The van der Waals surface area contributed by atoms with Gasteiger partial charge in [0.2, 0.25) is 5.91 Å². The number of rotatable bonds is 3. The van der Waals surface area contributed by atoms with E-state index in [2.05, 4.69) is 37.9 Å². The van der Waals surface area contributed by atoms with E-state index in [1.807, 2.05) is 6.07 Å². The Labute approximate surface area is 172 Å². The number of benzene rings is 2. The van der Waals surface area contributed by atoms with Crippen molar-refractivity contribution >= 4 is 11.9 Å². The van der Waals surface area contributed by atoms with Crippen LogP contribution in [0.4, 0.5) is 4.39 Å². The van der Waals surface area contributed by atoms with Crippen LogP contribution >= 0.6 is 0 Å². The first-order valence-corrected chi connectivity index (χ1v) is 9.87. The van der Waals surface area contributed by atoms with Crippen molar-refractivity contribution in [2.75, 3.05) is 7.05 Å². The molecule has 0 fully saturated rings. The van der Waals surface area contributed by atoms with Crippen LogP contribution in [-0.2, 0) is 16.8 Å². The van der Waals surface area contributed by atoms with E-state index in [0.717, 1.165) is 5.56 Å². The molecule has 0 saturated carbocycles. The Hall–Kier alpha value is -2.69. The van der Waals surface area contributed by atoms with Crippen LogP contribution in [0.2, 0.25) is 0 Å². The second kappa shape index (κ2) is 6.97. The molecule has 4 nitrogen and oxygen atoms in total. The number of aliphatic imine (C=N–C) groups is 1. The van der Waals surface area contributed by atoms with Gasteiger partial charge in [-0.2, -0.15) is 0 Å². The molecular formula is C24H30FN3O. The molecule has 5 heteroatoms. The Kier molecular flexibility index (Phi) is 5.06. The Morgan fingerprint density at radius 3 is 2.31 bits per heavy atom. The number of aryl methyl sites for hydroxylation is 3. The third kappa shape index (κ3) is 3.33. The molecule has 0 aliphatic carbocycles. The molecule has 3 rings (SSSR count). The van der Waals surface area contributed by atoms with Crippen molar-refractivity contribution < 1.29 is 9.18 Å². The molecule has 1 atom stereocenters. The number of amides is 1. The standard InChI is InChI=1S/C24H30FN3O/c1-14-10-16(3)18(11-15(14)2)12-17-8-9-20(25)19(13-17)24(6)23(4,5)21(29)28(7)22(26)27-24/h8-11,13H,12H2,1-7H3,(H2,26,27)/t24-/m1/s1. The van der Waals surface area contributed by atoms with E-state index in [0.29, 0.717) is 12.0 Å². The molecule has 0 unspecified atom stereocenters. The highest BCUT2D eigenvalue weighted by molar-refractivity contribution is 6.01. The first-order chi connectivity index (χ1) is 13.4. The van der Waals surface area contributed by atoms with Gasteiger partial charge in [0, 0.05) is 12.6 Å². The number of hydrogen-bond acceptors (Lipinski definition) is 3.